The first-order valence-corrected chi connectivity index (χ1v) is 9.34. The van der Waals surface area contributed by atoms with Crippen LogP contribution in [0.1, 0.15) is 17.9 Å². The van der Waals surface area contributed by atoms with Crippen molar-refractivity contribution in [2.45, 2.75) is 18.0 Å². The summed E-state index contributed by atoms with van der Waals surface area (Å²) in [5, 5.41) is 0. The second-order valence-corrected chi connectivity index (χ2v) is 7.59. The fourth-order valence-corrected chi connectivity index (χ4v) is 3.96. The fourth-order valence-electron chi connectivity index (χ4n) is 2.71. The predicted octanol–water partition coefficient (Wildman–Crippen LogP) is 1.32. The van der Waals surface area contributed by atoms with Crippen LogP contribution in [0.2, 0.25) is 0 Å². The lowest BCUT2D eigenvalue weighted by atomic mass is 10.2. The van der Waals surface area contributed by atoms with Crippen LogP contribution in [0.5, 0.6) is 0 Å². The highest BCUT2D eigenvalue weighted by molar-refractivity contribution is 7.90. The van der Waals surface area contributed by atoms with Gasteiger partial charge in [0.2, 0.25) is 5.91 Å². The SMILES string of the molecule is CN(Cc1nccn1C(F)F)C(=O)CN(C)C1=NS(=O)(=O)c2ccccc21. The number of rotatable bonds is 5. The smallest absolute Gasteiger partial charge is 0.319 e. The molecule has 8 nitrogen and oxygen atoms in total. The maximum Gasteiger partial charge on any atom is 0.319 e. The molecular weight excluding hydrogens is 380 g/mol. The van der Waals surface area contributed by atoms with Crippen molar-refractivity contribution in [2.75, 3.05) is 20.6 Å². The zero-order valence-corrected chi connectivity index (χ0v) is 15.4. The van der Waals surface area contributed by atoms with Crippen LogP contribution < -0.4 is 0 Å². The Bertz CT molecular complexity index is 1000. The number of hydrogen-bond acceptors (Lipinski definition) is 5. The molecule has 1 aliphatic rings. The molecule has 0 radical (unpaired) electrons. The van der Waals surface area contributed by atoms with E-state index in [1.54, 1.807) is 25.2 Å². The van der Waals surface area contributed by atoms with Crippen LogP contribution in [0.25, 0.3) is 0 Å². The van der Waals surface area contributed by atoms with Gasteiger partial charge < -0.3 is 9.80 Å². The molecule has 0 bridgehead atoms. The number of carbonyl (C=O) groups is 1. The van der Waals surface area contributed by atoms with Crippen molar-refractivity contribution in [1.29, 1.82) is 0 Å². The molecule has 1 aromatic carbocycles. The molecule has 2 heterocycles. The van der Waals surface area contributed by atoms with Crippen LogP contribution in [-0.4, -0.2) is 60.2 Å². The minimum Gasteiger partial charge on any atom is -0.349 e. The summed E-state index contributed by atoms with van der Waals surface area (Å²) in [6, 6.07) is 6.34. The summed E-state index contributed by atoms with van der Waals surface area (Å²) >= 11 is 0. The van der Waals surface area contributed by atoms with Gasteiger partial charge in [-0.3, -0.25) is 9.36 Å². The Labute approximate surface area is 154 Å². The number of likely N-dealkylation sites (N-methyl/N-ethyl adjacent to an activating group) is 2. The molecule has 0 atom stereocenters. The number of nitrogens with zero attached hydrogens (tertiary/aromatic N) is 5. The minimum atomic E-state index is -3.79. The summed E-state index contributed by atoms with van der Waals surface area (Å²) in [6.07, 6.45) is 2.38. The first kappa shape index (κ1) is 19.0. The monoisotopic (exact) mass is 397 g/mol. The van der Waals surface area contributed by atoms with Gasteiger partial charge in [0.05, 0.1) is 13.1 Å². The van der Waals surface area contributed by atoms with Crippen LogP contribution in [0.4, 0.5) is 8.78 Å². The lowest BCUT2D eigenvalue weighted by molar-refractivity contribution is -0.130. The average Bonchev–Trinajstić information content (AvgIpc) is 3.17. The van der Waals surface area contributed by atoms with Gasteiger partial charge in [0.1, 0.15) is 10.7 Å². The number of hydrogen-bond donors (Lipinski definition) is 0. The lowest BCUT2D eigenvalue weighted by Crippen LogP contribution is -2.39. The summed E-state index contributed by atoms with van der Waals surface area (Å²) in [5.41, 5.74) is 0.420. The van der Waals surface area contributed by atoms with E-state index in [0.29, 0.717) is 10.1 Å². The Morgan fingerprint density at radius 3 is 2.67 bits per heavy atom. The summed E-state index contributed by atoms with van der Waals surface area (Å²) < 4.78 is 54.4. The van der Waals surface area contributed by atoms with E-state index in [2.05, 4.69) is 9.38 Å². The zero-order chi connectivity index (χ0) is 19.8. The van der Waals surface area contributed by atoms with E-state index < -0.39 is 22.5 Å². The highest BCUT2D eigenvalue weighted by Gasteiger charge is 2.31. The van der Waals surface area contributed by atoms with Gasteiger partial charge in [-0.15, -0.1) is 4.40 Å². The van der Waals surface area contributed by atoms with E-state index in [-0.39, 0.29) is 29.6 Å². The molecule has 0 N–H and O–H groups in total. The highest BCUT2D eigenvalue weighted by atomic mass is 32.2. The first-order valence-electron chi connectivity index (χ1n) is 7.90. The van der Waals surface area contributed by atoms with Gasteiger partial charge in [0.25, 0.3) is 10.0 Å². The number of alkyl halides is 2. The molecule has 0 spiro atoms. The fraction of sp³-hybridized carbons (Fsp3) is 0.312. The van der Waals surface area contributed by atoms with E-state index in [1.807, 2.05) is 0 Å². The van der Waals surface area contributed by atoms with Gasteiger partial charge in [-0.25, -0.2) is 4.98 Å². The van der Waals surface area contributed by atoms with E-state index in [9.17, 15) is 22.0 Å². The van der Waals surface area contributed by atoms with Crippen molar-refractivity contribution < 1.29 is 22.0 Å². The Morgan fingerprint density at radius 2 is 1.96 bits per heavy atom. The molecule has 0 saturated carbocycles. The third-order valence-electron chi connectivity index (χ3n) is 4.11. The van der Waals surface area contributed by atoms with Gasteiger partial charge in [-0.2, -0.15) is 17.2 Å². The molecule has 0 unspecified atom stereocenters. The Hall–Kier alpha value is -2.82. The van der Waals surface area contributed by atoms with Crippen LogP contribution in [0.3, 0.4) is 0 Å². The largest absolute Gasteiger partial charge is 0.349 e. The van der Waals surface area contributed by atoms with Crippen molar-refractivity contribution in [1.82, 2.24) is 19.4 Å². The molecule has 27 heavy (non-hydrogen) atoms. The van der Waals surface area contributed by atoms with E-state index >= 15 is 0 Å². The molecule has 0 aliphatic carbocycles. The maximum atomic E-state index is 12.9. The molecular formula is C16H17F2N5O3S. The zero-order valence-electron chi connectivity index (χ0n) is 14.6. The van der Waals surface area contributed by atoms with Gasteiger partial charge >= 0.3 is 6.55 Å². The molecule has 2 aromatic rings. The Balaban J connectivity index is 1.72. The molecule has 1 amide bonds. The average molecular weight is 397 g/mol. The molecule has 3 rings (SSSR count). The molecule has 0 saturated heterocycles. The number of aromatic nitrogens is 2. The van der Waals surface area contributed by atoms with Crippen molar-refractivity contribution in [3.63, 3.8) is 0 Å². The van der Waals surface area contributed by atoms with Crippen molar-refractivity contribution in [3.8, 4) is 0 Å². The van der Waals surface area contributed by atoms with Crippen LogP contribution in [0, 0.1) is 0 Å². The Kier molecular flexibility index (Phi) is 4.96. The van der Waals surface area contributed by atoms with E-state index in [4.69, 9.17) is 0 Å². The van der Waals surface area contributed by atoms with Crippen LogP contribution >= 0.6 is 0 Å². The van der Waals surface area contributed by atoms with Gasteiger partial charge in [-0.05, 0) is 12.1 Å². The minimum absolute atomic E-state index is 0.0506. The molecule has 11 heteroatoms. The number of amides is 1. The number of carbonyl (C=O) groups excluding carboxylic acids is 1. The topological polar surface area (TPSA) is 87.9 Å². The summed E-state index contributed by atoms with van der Waals surface area (Å²) in [5.74, 6) is -0.179. The summed E-state index contributed by atoms with van der Waals surface area (Å²) in [4.78, 5) is 19.0. The van der Waals surface area contributed by atoms with Crippen LogP contribution in [-0.2, 0) is 21.4 Å². The van der Waals surface area contributed by atoms with Gasteiger partial charge in [0.15, 0.2) is 5.84 Å². The third kappa shape index (κ3) is 3.68. The maximum absolute atomic E-state index is 12.9. The van der Waals surface area contributed by atoms with Crippen molar-refractivity contribution >= 4 is 21.8 Å². The number of amidine groups is 1. The third-order valence-corrected chi connectivity index (χ3v) is 5.44. The Morgan fingerprint density at radius 1 is 1.26 bits per heavy atom. The van der Waals surface area contributed by atoms with E-state index in [1.165, 1.54) is 29.1 Å². The molecule has 0 fully saturated rings. The molecule has 1 aliphatic heterocycles. The van der Waals surface area contributed by atoms with Crippen LogP contribution in [0.15, 0.2) is 46.0 Å². The van der Waals surface area contributed by atoms with E-state index in [0.717, 1.165) is 6.20 Å². The number of imidazole rings is 1. The number of sulfonamides is 1. The summed E-state index contributed by atoms with van der Waals surface area (Å²) in [6.45, 7) is -3.02. The van der Waals surface area contributed by atoms with Gasteiger partial charge in [-0.1, -0.05) is 12.1 Å². The number of benzene rings is 1. The standard InChI is InChI=1S/C16H17F2N5O3S/c1-21(9-13-19-7-8-23(13)16(17)18)14(24)10-22(2)15-11-5-3-4-6-12(11)27(25,26)20-15/h3-8,16H,9-10H2,1-2H3. The molecule has 144 valence electrons. The van der Waals surface area contributed by atoms with Crippen molar-refractivity contribution in [2.24, 2.45) is 4.40 Å². The molecule has 1 aromatic heterocycles. The van der Waals surface area contributed by atoms with Gasteiger partial charge in [0, 0.05) is 32.1 Å². The first-order chi connectivity index (χ1) is 12.7. The summed E-state index contributed by atoms with van der Waals surface area (Å²) in [7, 11) is -0.783. The quantitative estimate of drug-likeness (QED) is 0.759. The predicted molar refractivity (Wildman–Crippen MR) is 92.7 cm³/mol. The second kappa shape index (κ2) is 7.06. The second-order valence-electron chi connectivity index (χ2n) is 6.02. The highest BCUT2D eigenvalue weighted by Crippen LogP contribution is 2.26. The van der Waals surface area contributed by atoms with Crippen molar-refractivity contribution in [3.05, 3.63) is 48.0 Å². The normalized spacial score (nSPS) is 14.8. The number of halogens is 2. The lowest BCUT2D eigenvalue weighted by Gasteiger charge is -2.23. The number of fused-ring (bicyclic) bond motifs is 1.